The Kier molecular flexibility index (Phi) is 8.37. The van der Waals surface area contributed by atoms with Crippen LogP contribution in [0.2, 0.25) is 22.2 Å². The molecule has 0 fully saturated rings. The Bertz CT molecular complexity index is 386. The molecule has 0 heterocycles. The van der Waals surface area contributed by atoms with Gasteiger partial charge in [-0.05, 0) is 16.1 Å². The first-order chi connectivity index (χ1) is 10.8. The van der Waals surface area contributed by atoms with Gasteiger partial charge in [-0.15, -0.1) is 0 Å². The second-order valence-corrected chi connectivity index (χ2v) is 17.1. The number of carbonyl (C=O) groups is 1. The maximum atomic E-state index is 12.9. The van der Waals surface area contributed by atoms with E-state index in [-0.39, 0.29) is 22.0 Å². The van der Waals surface area contributed by atoms with Crippen LogP contribution in [0.1, 0.15) is 55.4 Å². The zero-order chi connectivity index (χ0) is 19.4. The van der Waals surface area contributed by atoms with Crippen LogP contribution in [0.25, 0.3) is 0 Å². The van der Waals surface area contributed by atoms with Crippen LogP contribution in [-0.4, -0.2) is 44.4 Å². The molecule has 0 bridgehead atoms. The molecule has 1 unspecified atom stereocenters. The Morgan fingerprint density at radius 3 is 1.54 bits per heavy atom. The van der Waals surface area contributed by atoms with Gasteiger partial charge in [-0.3, -0.25) is 4.79 Å². The predicted molar refractivity (Wildman–Crippen MR) is 103 cm³/mol. The highest BCUT2D eigenvalue weighted by Crippen LogP contribution is 2.54. The molecule has 0 aliphatic carbocycles. The molecule has 0 radical (unpaired) electrons. The van der Waals surface area contributed by atoms with Gasteiger partial charge in [0.2, 0.25) is 0 Å². The molecule has 0 N–H and O–H groups in total. The lowest BCUT2D eigenvalue weighted by Crippen LogP contribution is -2.56. The van der Waals surface area contributed by atoms with Gasteiger partial charge in [0.25, 0.3) is 14.3 Å². The fraction of sp³-hybridized carbons (Fsp3) is 0.941. The van der Waals surface area contributed by atoms with Crippen LogP contribution in [0.3, 0.4) is 0 Å². The summed E-state index contributed by atoms with van der Waals surface area (Å²) in [5.41, 5.74) is 0. The molecule has 7 heteroatoms. The minimum absolute atomic E-state index is 0.0480. The highest BCUT2D eigenvalue weighted by Gasteiger charge is 2.57. The van der Waals surface area contributed by atoms with Crippen molar-refractivity contribution in [2.45, 2.75) is 77.6 Å². The van der Waals surface area contributed by atoms with Crippen molar-refractivity contribution >= 4 is 23.1 Å². The Balaban J connectivity index is 5.50. The molecule has 0 saturated carbocycles. The van der Waals surface area contributed by atoms with Crippen molar-refractivity contribution in [1.82, 2.24) is 0 Å². The van der Waals surface area contributed by atoms with Gasteiger partial charge in [-0.1, -0.05) is 55.4 Å². The normalized spacial score (nSPS) is 15.3. The maximum absolute atomic E-state index is 12.9. The summed E-state index contributed by atoms with van der Waals surface area (Å²) < 4.78 is 22.7. The summed E-state index contributed by atoms with van der Waals surface area (Å²) in [7, 11) is -0.480. The van der Waals surface area contributed by atoms with Crippen LogP contribution in [0, 0.1) is 5.92 Å². The third kappa shape index (κ3) is 4.91. The van der Waals surface area contributed by atoms with E-state index in [1.165, 1.54) is 0 Å². The van der Waals surface area contributed by atoms with E-state index < -0.39 is 17.1 Å². The molecule has 24 heavy (non-hydrogen) atoms. The van der Waals surface area contributed by atoms with Crippen LogP contribution >= 0.6 is 0 Å². The van der Waals surface area contributed by atoms with Crippen molar-refractivity contribution in [2.75, 3.05) is 21.3 Å². The summed E-state index contributed by atoms with van der Waals surface area (Å²) >= 11 is 0. The standard InChI is InChI=1S/C17H38O5Si2/c1-12-23(16(3,4)5,17(6,7)8)22-15(18)14(2)13-24(19-9,20-10)21-11/h14H,12-13H2,1-11H3. The monoisotopic (exact) mass is 378 g/mol. The van der Waals surface area contributed by atoms with Crippen molar-refractivity contribution in [3.63, 3.8) is 0 Å². The van der Waals surface area contributed by atoms with Crippen molar-refractivity contribution < 1.29 is 22.5 Å². The highest BCUT2D eigenvalue weighted by atomic mass is 28.4. The fourth-order valence-corrected chi connectivity index (χ4v) is 11.4. The summed E-state index contributed by atoms with van der Waals surface area (Å²) in [6, 6.07) is 1.30. The summed E-state index contributed by atoms with van der Waals surface area (Å²) in [5.74, 6) is -0.504. The summed E-state index contributed by atoms with van der Waals surface area (Å²) in [6.07, 6.45) is 0. The van der Waals surface area contributed by atoms with Crippen molar-refractivity contribution in [2.24, 2.45) is 5.92 Å². The lowest BCUT2D eigenvalue weighted by Gasteiger charge is -2.49. The van der Waals surface area contributed by atoms with Crippen LogP contribution in [-0.2, 0) is 22.5 Å². The lowest BCUT2D eigenvalue weighted by atomic mass is 10.2. The molecule has 1 atom stereocenters. The van der Waals surface area contributed by atoms with Gasteiger partial charge in [0.15, 0.2) is 0 Å². The zero-order valence-electron chi connectivity index (χ0n) is 17.5. The number of carbonyl (C=O) groups excluding carboxylic acids is 1. The number of hydrogen-bond acceptors (Lipinski definition) is 5. The SMILES string of the molecule is CC[Si](OC(=O)C(C)C[Si](OC)(OC)OC)(C(C)(C)C)C(C)(C)C. The van der Waals surface area contributed by atoms with Crippen LogP contribution in [0.4, 0.5) is 0 Å². The molecule has 0 aliphatic heterocycles. The van der Waals surface area contributed by atoms with E-state index in [4.69, 9.17) is 17.7 Å². The van der Waals surface area contributed by atoms with E-state index in [1.54, 1.807) is 21.3 Å². The Morgan fingerprint density at radius 1 is 0.917 bits per heavy atom. The van der Waals surface area contributed by atoms with Crippen LogP contribution in [0.15, 0.2) is 0 Å². The van der Waals surface area contributed by atoms with E-state index in [0.717, 1.165) is 6.04 Å². The van der Waals surface area contributed by atoms with E-state index in [0.29, 0.717) is 6.04 Å². The van der Waals surface area contributed by atoms with Gasteiger partial charge in [0, 0.05) is 27.4 Å². The van der Waals surface area contributed by atoms with Crippen molar-refractivity contribution in [3.8, 4) is 0 Å². The molecule has 144 valence electrons. The molecule has 0 aromatic rings. The third-order valence-corrected chi connectivity index (χ3v) is 14.5. The van der Waals surface area contributed by atoms with E-state index in [2.05, 4.69) is 48.5 Å². The summed E-state index contributed by atoms with van der Waals surface area (Å²) in [4.78, 5) is 12.9. The summed E-state index contributed by atoms with van der Waals surface area (Å²) in [5, 5.41) is -0.0959. The highest BCUT2D eigenvalue weighted by molar-refractivity contribution is 6.80. The number of rotatable bonds is 8. The first-order valence-corrected chi connectivity index (χ1v) is 12.7. The Morgan fingerprint density at radius 2 is 1.29 bits per heavy atom. The second kappa shape index (κ2) is 8.44. The minimum Gasteiger partial charge on any atom is -0.518 e. The second-order valence-electron chi connectivity index (χ2n) is 8.50. The maximum Gasteiger partial charge on any atom is 0.501 e. The molecule has 5 nitrogen and oxygen atoms in total. The quantitative estimate of drug-likeness (QED) is 0.577. The predicted octanol–water partition coefficient (Wildman–Crippen LogP) is 4.61. The van der Waals surface area contributed by atoms with E-state index in [9.17, 15) is 4.79 Å². The topological polar surface area (TPSA) is 54.0 Å². The van der Waals surface area contributed by atoms with Gasteiger partial charge in [-0.2, -0.15) is 0 Å². The number of hydrogen-bond donors (Lipinski definition) is 0. The molecular weight excluding hydrogens is 340 g/mol. The Hall–Kier alpha value is -0.216. The molecule has 0 saturated heterocycles. The van der Waals surface area contributed by atoms with Crippen molar-refractivity contribution in [3.05, 3.63) is 0 Å². The molecule has 0 spiro atoms. The van der Waals surface area contributed by atoms with Gasteiger partial charge in [-0.25, -0.2) is 0 Å². The van der Waals surface area contributed by atoms with Crippen LogP contribution < -0.4 is 0 Å². The summed E-state index contributed by atoms with van der Waals surface area (Å²) in [6.45, 7) is 17.1. The average Bonchev–Trinajstić information content (AvgIpc) is 2.47. The van der Waals surface area contributed by atoms with Gasteiger partial charge in [0.1, 0.15) is 0 Å². The van der Waals surface area contributed by atoms with Gasteiger partial charge in [0.05, 0.1) is 5.92 Å². The fourth-order valence-electron chi connectivity index (χ4n) is 3.79. The zero-order valence-corrected chi connectivity index (χ0v) is 19.5. The van der Waals surface area contributed by atoms with E-state index in [1.807, 2.05) is 6.92 Å². The largest absolute Gasteiger partial charge is 0.518 e. The molecule has 0 aromatic heterocycles. The van der Waals surface area contributed by atoms with Crippen LogP contribution in [0.5, 0.6) is 0 Å². The molecule has 0 aromatic carbocycles. The first kappa shape index (κ1) is 23.8. The minimum atomic E-state index is -2.81. The lowest BCUT2D eigenvalue weighted by molar-refractivity contribution is -0.139. The van der Waals surface area contributed by atoms with Gasteiger partial charge >= 0.3 is 8.80 Å². The average molecular weight is 379 g/mol. The molecular formula is C17H38O5Si2. The van der Waals surface area contributed by atoms with E-state index >= 15 is 0 Å². The third-order valence-electron chi connectivity index (χ3n) is 5.09. The van der Waals surface area contributed by atoms with Crippen molar-refractivity contribution in [1.29, 1.82) is 0 Å². The molecule has 0 aliphatic rings. The van der Waals surface area contributed by atoms with Gasteiger partial charge < -0.3 is 17.7 Å². The Labute approximate surface area is 150 Å². The smallest absolute Gasteiger partial charge is 0.501 e. The molecule has 0 amide bonds. The first-order valence-electron chi connectivity index (χ1n) is 8.64. The molecule has 0 rings (SSSR count).